The first-order valence-electron chi connectivity index (χ1n) is 12.5. The molecule has 0 aliphatic heterocycles. The number of hydrogen-bond acceptors (Lipinski definition) is 3. The van der Waals surface area contributed by atoms with Crippen LogP contribution in [0.3, 0.4) is 0 Å². The Labute approximate surface area is 194 Å². The predicted molar refractivity (Wildman–Crippen MR) is 127 cm³/mol. The molecular formula is C25H46NO6+. The molecule has 0 fully saturated rings. The lowest BCUT2D eigenvalue weighted by Gasteiger charge is -2.39. The molecule has 0 aliphatic rings. The van der Waals surface area contributed by atoms with Gasteiger partial charge in [0.15, 0.2) is 0 Å². The lowest BCUT2D eigenvalue weighted by molar-refractivity contribution is -0.929. The van der Waals surface area contributed by atoms with Gasteiger partial charge in [-0.2, -0.15) is 0 Å². The number of quaternary nitrogens is 1. The maximum Gasteiger partial charge on any atom is 0.303 e. The topological polar surface area (TPSA) is 112 Å². The highest BCUT2D eigenvalue weighted by Gasteiger charge is 2.26. The minimum absolute atomic E-state index is 0.170. The van der Waals surface area contributed by atoms with Crippen molar-refractivity contribution in [3.8, 4) is 0 Å². The van der Waals surface area contributed by atoms with Gasteiger partial charge in [-0.1, -0.05) is 25.5 Å². The highest BCUT2D eigenvalue weighted by Crippen LogP contribution is 2.19. The van der Waals surface area contributed by atoms with E-state index in [1.807, 2.05) is 0 Å². The van der Waals surface area contributed by atoms with Crippen molar-refractivity contribution in [3.05, 3.63) is 12.2 Å². The van der Waals surface area contributed by atoms with Crippen LogP contribution in [0.1, 0.15) is 103 Å². The van der Waals surface area contributed by atoms with E-state index in [0.29, 0.717) is 19.3 Å². The number of aliphatic carboxylic acids is 3. The Balaban J connectivity index is 4.86. The van der Waals surface area contributed by atoms with Gasteiger partial charge < -0.3 is 19.8 Å². The van der Waals surface area contributed by atoms with E-state index in [1.165, 1.54) is 12.8 Å². The van der Waals surface area contributed by atoms with E-state index < -0.39 is 17.9 Å². The average molecular weight is 457 g/mol. The van der Waals surface area contributed by atoms with Crippen molar-refractivity contribution >= 4 is 17.9 Å². The van der Waals surface area contributed by atoms with E-state index in [4.69, 9.17) is 15.3 Å². The average Bonchev–Trinajstić information content (AvgIpc) is 2.73. The molecule has 0 radical (unpaired) electrons. The summed E-state index contributed by atoms with van der Waals surface area (Å²) in [5.41, 5.74) is 0. The largest absolute Gasteiger partial charge is 0.481 e. The predicted octanol–water partition coefficient (Wildman–Crippen LogP) is 5.48. The molecule has 0 saturated carbocycles. The molecule has 0 aromatic carbocycles. The van der Waals surface area contributed by atoms with E-state index in [1.54, 1.807) is 0 Å². The fourth-order valence-corrected chi connectivity index (χ4v) is 4.19. The summed E-state index contributed by atoms with van der Waals surface area (Å²) in [6.07, 6.45) is 16.2. The Morgan fingerprint density at radius 1 is 0.562 bits per heavy atom. The lowest BCUT2D eigenvalue weighted by atomic mass is 10.1. The molecule has 0 aliphatic carbocycles. The van der Waals surface area contributed by atoms with Crippen LogP contribution in [0.2, 0.25) is 0 Å². The van der Waals surface area contributed by atoms with E-state index >= 15 is 0 Å². The zero-order valence-corrected chi connectivity index (χ0v) is 20.1. The highest BCUT2D eigenvalue weighted by atomic mass is 16.4. The lowest BCUT2D eigenvalue weighted by Crippen LogP contribution is -2.51. The zero-order chi connectivity index (χ0) is 24.1. The van der Waals surface area contributed by atoms with Gasteiger partial charge in [-0.3, -0.25) is 14.4 Å². The summed E-state index contributed by atoms with van der Waals surface area (Å²) in [5, 5.41) is 26.9. The monoisotopic (exact) mass is 456 g/mol. The van der Waals surface area contributed by atoms with Crippen LogP contribution in [0.15, 0.2) is 12.2 Å². The normalized spacial score (nSPS) is 11.8. The highest BCUT2D eigenvalue weighted by molar-refractivity contribution is 5.67. The van der Waals surface area contributed by atoms with Crippen LogP contribution >= 0.6 is 0 Å². The van der Waals surface area contributed by atoms with Crippen LogP contribution in [0, 0.1) is 0 Å². The Morgan fingerprint density at radius 3 is 1.31 bits per heavy atom. The molecule has 0 aromatic rings. The van der Waals surface area contributed by atoms with Crippen molar-refractivity contribution in [2.24, 2.45) is 0 Å². The van der Waals surface area contributed by atoms with Crippen LogP contribution < -0.4 is 0 Å². The van der Waals surface area contributed by atoms with Gasteiger partial charge in [0, 0.05) is 19.3 Å². The van der Waals surface area contributed by atoms with Crippen molar-refractivity contribution in [2.75, 3.05) is 26.2 Å². The van der Waals surface area contributed by atoms with Gasteiger partial charge in [0.25, 0.3) is 0 Å². The minimum Gasteiger partial charge on any atom is -0.481 e. The Morgan fingerprint density at radius 2 is 0.938 bits per heavy atom. The first kappa shape index (κ1) is 30.1. The summed E-state index contributed by atoms with van der Waals surface area (Å²) in [5.74, 6) is -2.32. The van der Waals surface area contributed by atoms with Crippen molar-refractivity contribution in [2.45, 2.75) is 103 Å². The summed E-state index contributed by atoms with van der Waals surface area (Å²) >= 11 is 0. The van der Waals surface area contributed by atoms with Gasteiger partial charge in [0.2, 0.25) is 0 Å². The molecule has 0 saturated heterocycles. The van der Waals surface area contributed by atoms with Crippen LogP contribution in [-0.4, -0.2) is 63.9 Å². The molecule has 3 N–H and O–H groups in total. The second-order valence-electron chi connectivity index (χ2n) is 8.87. The molecule has 0 spiro atoms. The molecule has 32 heavy (non-hydrogen) atoms. The molecule has 0 heterocycles. The summed E-state index contributed by atoms with van der Waals surface area (Å²) in [4.78, 5) is 32.7. The molecule has 0 bridgehead atoms. The molecular weight excluding hydrogens is 410 g/mol. The van der Waals surface area contributed by atoms with Gasteiger partial charge >= 0.3 is 17.9 Å². The molecule has 0 amide bonds. The summed E-state index contributed by atoms with van der Waals surface area (Å²) in [6, 6.07) is 0. The van der Waals surface area contributed by atoms with Crippen molar-refractivity contribution in [1.82, 2.24) is 0 Å². The van der Waals surface area contributed by atoms with E-state index in [2.05, 4.69) is 19.1 Å². The first-order valence-corrected chi connectivity index (χ1v) is 12.5. The molecule has 186 valence electrons. The number of carboxylic acid groups (broad SMARTS) is 3. The molecule has 0 unspecified atom stereocenters. The number of unbranched alkanes of at least 4 members (excludes halogenated alkanes) is 7. The summed E-state index contributed by atoms with van der Waals surface area (Å²) in [7, 11) is 0. The maximum absolute atomic E-state index is 10.9. The second-order valence-corrected chi connectivity index (χ2v) is 8.87. The number of carbonyl (C=O) groups is 3. The quantitative estimate of drug-likeness (QED) is 0.107. The summed E-state index contributed by atoms with van der Waals surface area (Å²) in [6.45, 7) is 5.78. The second kappa shape index (κ2) is 19.8. The number of nitrogens with zero attached hydrogens (tertiary/aromatic N) is 1. The van der Waals surface area contributed by atoms with Crippen LogP contribution in [-0.2, 0) is 14.4 Å². The minimum atomic E-state index is -0.775. The number of allylic oxidation sites excluding steroid dienone is 2. The smallest absolute Gasteiger partial charge is 0.303 e. The number of rotatable bonds is 23. The number of hydrogen-bond donors (Lipinski definition) is 3. The van der Waals surface area contributed by atoms with Crippen molar-refractivity contribution < 1.29 is 34.2 Å². The number of carboxylic acids is 3. The maximum atomic E-state index is 10.9. The molecule has 7 nitrogen and oxygen atoms in total. The van der Waals surface area contributed by atoms with Gasteiger partial charge in [-0.25, -0.2) is 0 Å². The Bertz CT molecular complexity index is 491. The van der Waals surface area contributed by atoms with Crippen molar-refractivity contribution in [3.63, 3.8) is 0 Å². The third-order valence-corrected chi connectivity index (χ3v) is 5.97. The van der Waals surface area contributed by atoms with Gasteiger partial charge in [-0.05, 0) is 70.6 Å². The molecule has 7 heteroatoms. The van der Waals surface area contributed by atoms with E-state index in [0.717, 1.165) is 75.6 Å². The standard InChI is InChI=1S/C25H45NO6/c1-2-3-4-5-6-7-8-12-19-26(20-13-9-16-23(27)28,21-14-10-17-24(29)30)22-15-11-18-25(31)32/h3-4H,2,5-22H2,1H3,(H2-,27,28,29,30,31,32)/p+1/b4-3+. The van der Waals surface area contributed by atoms with E-state index in [9.17, 15) is 14.4 Å². The SMILES string of the molecule is CC/C=C/CCCCCC[N+](CCCCC(=O)O)(CCCCC(=O)O)CCCCC(=O)O. The van der Waals surface area contributed by atoms with Gasteiger partial charge in [-0.15, -0.1) is 0 Å². The third-order valence-electron chi connectivity index (χ3n) is 5.97. The fraction of sp³-hybridized carbons (Fsp3) is 0.800. The van der Waals surface area contributed by atoms with Crippen LogP contribution in [0.25, 0.3) is 0 Å². The van der Waals surface area contributed by atoms with Crippen LogP contribution in [0.5, 0.6) is 0 Å². The van der Waals surface area contributed by atoms with Crippen molar-refractivity contribution in [1.29, 1.82) is 0 Å². The fourth-order valence-electron chi connectivity index (χ4n) is 4.19. The Hall–Kier alpha value is -1.89. The molecule has 0 atom stereocenters. The van der Waals surface area contributed by atoms with Gasteiger partial charge in [0.05, 0.1) is 26.2 Å². The first-order chi connectivity index (χ1) is 15.3. The van der Waals surface area contributed by atoms with Crippen LogP contribution in [0.4, 0.5) is 0 Å². The third kappa shape index (κ3) is 18.8. The summed E-state index contributed by atoms with van der Waals surface area (Å²) < 4.78 is 0.856. The van der Waals surface area contributed by atoms with E-state index in [-0.39, 0.29) is 19.3 Å². The zero-order valence-electron chi connectivity index (χ0n) is 20.1. The molecule has 0 rings (SSSR count). The molecule has 0 aromatic heterocycles. The van der Waals surface area contributed by atoms with Gasteiger partial charge in [0.1, 0.15) is 0 Å². The Kier molecular flexibility index (Phi) is 18.6.